The Labute approximate surface area is 161 Å². The summed E-state index contributed by atoms with van der Waals surface area (Å²) in [5.41, 5.74) is 1.14. The highest BCUT2D eigenvalue weighted by Crippen LogP contribution is 2.17. The second-order valence-electron chi connectivity index (χ2n) is 6.91. The molecule has 0 radical (unpaired) electrons. The van der Waals surface area contributed by atoms with Crippen LogP contribution >= 0.6 is 0 Å². The van der Waals surface area contributed by atoms with Crippen molar-refractivity contribution >= 4 is 5.96 Å². The van der Waals surface area contributed by atoms with Gasteiger partial charge in [-0.15, -0.1) is 10.2 Å². The van der Waals surface area contributed by atoms with Crippen LogP contribution in [0.15, 0.2) is 29.3 Å². The number of hydrogen-bond acceptors (Lipinski definition) is 4. The number of aliphatic imine (C=N–C) groups is 1. The van der Waals surface area contributed by atoms with Crippen LogP contribution in [0.5, 0.6) is 5.75 Å². The molecule has 1 aromatic carbocycles. The molecule has 1 atom stereocenters. The fourth-order valence-electron chi connectivity index (χ4n) is 3.16. The Hall–Kier alpha value is -2.57. The van der Waals surface area contributed by atoms with E-state index in [1.807, 2.05) is 18.2 Å². The van der Waals surface area contributed by atoms with Crippen molar-refractivity contribution in [3.63, 3.8) is 0 Å². The maximum Gasteiger partial charge on any atom is 0.191 e. The SMILES string of the molecule is CCNC(=NCc1nnc2n1CCCC2)NCC(C)Oc1ccccc1C. The van der Waals surface area contributed by atoms with E-state index in [0.29, 0.717) is 13.1 Å². The summed E-state index contributed by atoms with van der Waals surface area (Å²) in [7, 11) is 0. The third kappa shape index (κ3) is 5.21. The van der Waals surface area contributed by atoms with Crippen LogP contribution < -0.4 is 15.4 Å². The highest BCUT2D eigenvalue weighted by molar-refractivity contribution is 5.79. The molecule has 0 amide bonds. The number of para-hydroxylation sites is 1. The molecule has 3 rings (SSSR count). The topological polar surface area (TPSA) is 76.4 Å². The minimum atomic E-state index is 0.0239. The standard InChI is InChI=1S/C20H30N6O/c1-4-21-20(22-13-16(3)27-17-10-6-5-9-15(17)2)23-14-19-25-24-18-11-7-8-12-26(18)19/h5-6,9-10,16H,4,7-8,11-14H2,1-3H3,(H2,21,22,23). The van der Waals surface area contributed by atoms with Gasteiger partial charge in [0.25, 0.3) is 0 Å². The van der Waals surface area contributed by atoms with Gasteiger partial charge in [-0.25, -0.2) is 4.99 Å². The molecule has 1 unspecified atom stereocenters. The van der Waals surface area contributed by atoms with Crippen molar-refractivity contribution in [2.75, 3.05) is 13.1 Å². The molecule has 2 N–H and O–H groups in total. The first-order chi connectivity index (χ1) is 13.2. The number of aromatic nitrogens is 3. The van der Waals surface area contributed by atoms with Crippen LogP contribution in [0.4, 0.5) is 0 Å². The van der Waals surface area contributed by atoms with E-state index in [2.05, 4.69) is 57.2 Å². The monoisotopic (exact) mass is 370 g/mol. The average Bonchev–Trinajstić information content (AvgIpc) is 3.09. The molecular weight excluding hydrogens is 340 g/mol. The lowest BCUT2D eigenvalue weighted by Crippen LogP contribution is -2.41. The van der Waals surface area contributed by atoms with Gasteiger partial charge >= 0.3 is 0 Å². The molecule has 2 heterocycles. The number of ether oxygens (including phenoxy) is 1. The van der Waals surface area contributed by atoms with Crippen molar-refractivity contribution in [2.24, 2.45) is 4.99 Å². The predicted molar refractivity (Wildman–Crippen MR) is 107 cm³/mol. The van der Waals surface area contributed by atoms with Crippen LogP contribution in [-0.2, 0) is 19.5 Å². The van der Waals surface area contributed by atoms with Crippen LogP contribution in [0.25, 0.3) is 0 Å². The first-order valence-electron chi connectivity index (χ1n) is 9.82. The first-order valence-corrected chi connectivity index (χ1v) is 9.82. The van der Waals surface area contributed by atoms with E-state index in [0.717, 1.165) is 48.4 Å². The van der Waals surface area contributed by atoms with Crippen LogP contribution in [-0.4, -0.2) is 39.9 Å². The predicted octanol–water partition coefficient (Wildman–Crippen LogP) is 2.45. The van der Waals surface area contributed by atoms with Gasteiger partial charge < -0.3 is 19.9 Å². The number of aryl methyl sites for hydroxylation is 2. The molecule has 146 valence electrons. The van der Waals surface area contributed by atoms with Gasteiger partial charge in [0.05, 0.1) is 6.54 Å². The molecule has 7 heteroatoms. The molecule has 1 aliphatic rings. The number of benzene rings is 1. The maximum absolute atomic E-state index is 6.03. The molecule has 0 spiro atoms. The lowest BCUT2D eigenvalue weighted by molar-refractivity contribution is 0.222. The highest BCUT2D eigenvalue weighted by atomic mass is 16.5. The van der Waals surface area contributed by atoms with E-state index >= 15 is 0 Å². The zero-order chi connectivity index (χ0) is 19.1. The number of rotatable bonds is 7. The van der Waals surface area contributed by atoms with Gasteiger partial charge in [0.2, 0.25) is 0 Å². The van der Waals surface area contributed by atoms with Crippen molar-refractivity contribution in [2.45, 2.75) is 59.2 Å². The van der Waals surface area contributed by atoms with Gasteiger partial charge in [0, 0.05) is 19.5 Å². The van der Waals surface area contributed by atoms with E-state index in [1.165, 1.54) is 12.8 Å². The summed E-state index contributed by atoms with van der Waals surface area (Å²) in [4.78, 5) is 4.68. The normalized spacial score (nSPS) is 15.1. The minimum absolute atomic E-state index is 0.0239. The summed E-state index contributed by atoms with van der Waals surface area (Å²) in [5.74, 6) is 3.71. The van der Waals surface area contributed by atoms with Crippen molar-refractivity contribution in [3.8, 4) is 5.75 Å². The number of nitrogens with zero attached hydrogens (tertiary/aromatic N) is 4. The first kappa shape index (κ1) is 19.2. The van der Waals surface area contributed by atoms with Crippen LogP contribution in [0.3, 0.4) is 0 Å². The van der Waals surface area contributed by atoms with Crippen molar-refractivity contribution in [3.05, 3.63) is 41.5 Å². The average molecular weight is 371 g/mol. The van der Waals surface area contributed by atoms with Gasteiger partial charge in [-0.1, -0.05) is 18.2 Å². The Kier molecular flexibility index (Phi) is 6.68. The zero-order valence-corrected chi connectivity index (χ0v) is 16.5. The summed E-state index contributed by atoms with van der Waals surface area (Å²) in [6.45, 7) is 9.16. The fourth-order valence-corrected chi connectivity index (χ4v) is 3.16. The van der Waals surface area contributed by atoms with Crippen LogP contribution in [0.1, 0.15) is 43.9 Å². The quantitative estimate of drug-likeness (QED) is 0.578. The smallest absolute Gasteiger partial charge is 0.191 e. The largest absolute Gasteiger partial charge is 0.489 e. The summed E-state index contributed by atoms with van der Waals surface area (Å²) >= 11 is 0. The van der Waals surface area contributed by atoms with Crippen molar-refractivity contribution in [1.29, 1.82) is 0 Å². The fraction of sp³-hybridized carbons (Fsp3) is 0.550. The third-order valence-corrected chi connectivity index (χ3v) is 4.64. The van der Waals surface area contributed by atoms with Gasteiger partial charge in [-0.3, -0.25) is 0 Å². The van der Waals surface area contributed by atoms with Crippen molar-refractivity contribution in [1.82, 2.24) is 25.4 Å². The Bertz CT molecular complexity index is 770. The molecule has 1 aliphatic heterocycles. The Balaban J connectivity index is 1.56. The molecular formula is C20H30N6O. The van der Waals surface area contributed by atoms with E-state index in [9.17, 15) is 0 Å². The molecule has 7 nitrogen and oxygen atoms in total. The molecule has 0 saturated heterocycles. The Morgan fingerprint density at radius 3 is 2.93 bits per heavy atom. The van der Waals surface area contributed by atoms with Crippen LogP contribution in [0, 0.1) is 6.92 Å². The third-order valence-electron chi connectivity index (χ3n) is 4.64. The number of guanidine groups is 1. The Morgan fingerprint density at radius 2 is 2.11 bits per heavy atom. The van der Waals surface area contributed by atoms with Crippen LogP contribution in [0.2, 0.25) is 0 Å². The highest BCUT2D eigenvalue weighted by Gasteiger charge is 2.15. The zero-order valence-electron chi connectivity index (χ0n) is 16.5. The molecule has 0 saturated carbocycles. The van der Waals surface area contributed by atoms with Gasteiger partial charge in [0.1, 0.15) is 24.2 Å². The van der Waals surface area contributed by atoms with E-state index < -0.39 is 0 Å². The molecule has 1 aromatic heterocycles. The summed E-state index contributed by atoms with van der Waals surface area (Å²) in [5, 5.41) is 15.2. The minimum Gasteiger partial charge on any atom is -0.489 e. The van der Waals surface area contributed by atoms with E-state index in [1.54, 1.807) is 0 Å². The lowest BCUT2D eigenvalue weighted by atomic mass is 10.2. The van der Waals surface area contributed by atoms with Gasteiger partial charge in [0.15, 0.2) is 11.8 Å². The second kappa shape index (κ2) is 9.39. The van der Waals surface area contributed by atoms with Gasteiger partial charge in [-0.05, 0) is 45.2 Å². The van der Waals surface area contributed by atoms with Gasteiger partial charge in [-0.2, -0.15) is 0 Å². The molecule has 0 bridgehead atoms. The lowest BCUT2D eigenvalue weighted by Gasteiger charge is -2.19. The van der Waals surface area contributed by atoms with Crippen molar-refractivity contribution < 1.29 is 4.74 Å². The summed E-state index contributed by atoms with van der Waals surface area (Å²) < 4.78 is 8.24. The maximum atomic E-state index is 6.03. The molecule has 0 aliphatic carbocycles. The molecule has 27 heavy (non-hydrogen) atoms. The number of fused-ring (bicyclic) bond motifs is 1. The molecule has 0 fully saturated rings. The summed E-state index contributed by atoms with van der Waals surface area (Å²) in [6.07, 6.45) is 3.43. The van der Waals surface area contributed by atoms with E-state index in [4.69, 9.17) is 4.74 Å². The number of hydrogen-bond donors (Lipinski definition) is 2. The Morgan fingerprint density at radius 1 is 1.26 bits per heavy atom. The molecule has 2 aromatic rings. The second-order valence-corrected chi connectivity index (χ2v) is 6.91. The van der Waals surface area contributed by atoms with E-state index in [-0.39, 0.29) is 6.10 Å². The summed E-state index contributed by atoms with van der Waals surface area (Å²) in [6, 6.07) is 8.07. The number of nitrogens with one attached hydrogen (secondary N) is 2.